The van der Waals surface area contributed by atoms with Crippen molar-refractivity contribution in [3.63, 3.8) is 0 Å². The number of H-pyrrole nitrogens is 1. The van der Waals surface area contributed by atoms with E-state index in [1.165, 1.54) is 12.1 Å². The topological polar surface area (TPSA) is 61.0 Å². The van der Waals surface area contributed by atoms with Gasteiger partial charge in [0.05, 0.1) is 5.69 Å². The smallest absolute Gasteiger partial charge is 0.317 e. The lowest BCUT2D eigenvalue weighted by Crippen LogP contribution is -2.46. The van der Waals surface area contributed by atoms with E-state index in [0.29, 0.717) is 19.5 Å². The van der Waals surface area contributed by atoms with Crippen LogP contribution in [0.25, 0.3) is 0 Å². The average Bonchev–Trinajstić information content (AvgIpc) is 2.91. The van der Waals surface area contributed by atoms with Crippen LogP contribution in [-0.4, -0.2) is 33.7 Å². The van der Waals surface area contributed by atoms with Crippen molar-refractivity contribution in [3.8, 4) is 0 Å². The third-order valence-electron chi connectivity index (χ3n) is 4.11. The Bertz CT molecular complexity index is 712. The summed E-state index contributed by atoms with van der Waals surface area (Å²) in [6, 6.07) is 6.65. The van der Waals surface area contributed by atoms with Crippen molar-refractivity contribution in [1.82, 2.24) is 20.4 Å². The Balaban J connectivity index is 1.58. The number of aromatic amines is 1. The van der Waals surface area contributed by atoms with Gasteiger partial charge in [0, 0.05) is 31.2 Å². The van der Waals surface area contributed by atoms with Crippen molar-refractivity contribution in [2.24, 2.45) is 0 Å². The first-order valence-electron chi connectivity index (χ1n) is 7.85. The van der Waals surface area contributed by atoms with Crippen molar-refractivity contribution in [3.05, 3.63) is 52.6 Å². The van der Waals surface area contributed by atoms with E-state index in [9.17, 15) is 9.18 Å². The lowest BCUT2D eigenvalue weighted by atomic mass is 10.00. The highest BCUT2D eigenvalue weighted by Crippen LogP contribution is 2.20. The molecular weight excluding hydrogens is 295 g/mol. The molecule has 5 nitrogen and oxygen atoms in total. The van der Waals surface area contributed by atoms with Gasteiger partial charge in [-0.2, -0.15) is 5.10 Å². The highest BCUT2D eigenvalue weighted by Gasteiger charge is 2.22. The molecule has 1 atom stereocenters. The fraction of sp³-hybridized carbons (Fsp3) is 0.412. The summed E-state index contributed by atoms with van der Waals surface area (Å²) in [5.74, 6) is -0.256. The molecule has 1 aromatic heterocycles. The Morgan fingerprint density at radius 1 is 1.43 bits per heavy atom. The minimum absolute atomic E-state index is 0.0147. The number of fused-ring (bicyclic) bond motifs is 1. The van der Waals surface area contributed by atoms with Crippen molar-refractivity contribution >= 4 is 6.03 Å². The molecule has 1 aliphatic heterocycles. The second-order valence-electron chi connectivity index (χ2n) is 6.18. The molecule has 0 aliphatic carbocycles. The molecule has 0 saturated heterocycles. The predicted molar refractivity (Wildman–Crippen MR) is 85.5 cm³/mol. The molecule has 2 aromatic rings. The van der Waals surface area contributed by atoms with Crippen LogP contribution in [0.15, 0.2) is 24.3 Å². The highest BCUT2D eigenvalue weighted by molar-refractivity contribution is 5.75. The van der Waals surface area contributed by atoms with E-state index in [1.807, 2.05) is 26.0 Å². The number of hydrogen-bond donors (Lipinski definition) is 2. The van der Waals surface area contributed by atoms with E-state index < -0.39 is 0 Å². The Hall–Kier alpha value is -2.37. The molecule has 2 heterocycles. The van der Waals surface area contributed by atoms with Gasteiger partial charge in [-0.15, -0.1) is 0 Å². The number of carbonyl (C=O) groups excluding carboxylic acids is 1. The van der Waals surface area contributed by atoms with Crippen molar-refractivity contribution in [2.45, 2.75) is 39.3 Å². The predicted octanol–water partition coefficient (Wildman–Crippen LogP) is 2.56. The van der Waals surface area contributed by atoms with Gasteiger partial charge >= 0.3 is 6.03 Å². The van der Waals surface area contributed by atoms with Crippen molar-refractivity contribution in [1.29, 1.82) is 0 Å². The first-order chi connectivity index (χ1) is 11.0. The first kappa shape index (κ1) is 15.5. The van der Waals surface area contributed by atoms with Crippen LogP contribution in [0.2, 0.25) is 0 Å². The average molecular weight is 316 g/mol. The second-order valence-corrected chi connectivity index (χ2v) is 6.18. The van der Waals surface area contributed by atoms with Gasteiger partial charge in [0.25, 0.3) is 0 Å². The molecule has 0 bridgehead atoms. The zero-order valence-corrected chi connectivity index (χ0v) is 13.4. The van der Waals surface area contributed by atoms with Crippen LogP contribution < -0.4 is 5.32 Å². The molecule has 122 valence electrons. The number of benzene rings is 1. The molecule has 6 heteroatoms. The van der Waals surface area contributed by atoms with Gasteiger partial charge in [0.2, 0.25) is 0 Å². The summed E-state index contributed by atoms with van der Waals surface area (Å²) in [6.45, 7) is 5.01. The molecule has 1 aromatic carbocycles. The molecule has 0 saturated carbocycles. The summed E-state index contributed by atoms with van der Waals surface area (Å²) in [6.07, 6.45) is 1.44. The number of hydrogen-bond acceptors (Lipinski definition) is 2. The Morgan fingerprint density at radius 2 is 2.26 bits per heavy atom. The van der Waals surface area contributed by atoms with E-state index >= 15 is 0 Å². The summed E-state index contributed by atoms with van der Waals surface area (Å²) in [5, 5.41) is 10.1. The first-order valence-corrected chi connectivity index (χ1v) is 7.85. The monoisotopic (exact) mass is 316 g/mol. The van der Waals surface area contributed by atoms with Crippen LogP contribution in [0.5, 0.6) is 0 Å². The van der Waals surface area contributed by atoms with Crippen LogP contribution in [-0.2, 0) is 19.4 Å². The van der Waals surface area contributed by atoms with E-state index in [-0.39, 0.29) is 17.9 Å². The van der Waals surface area contributed by atoms with Gasteiger partial charge < -0.3 is 10.2 Å². The van der Waals surface area contributed by atoms with Gasteiger partial charge in [-0.1, -0.05) is 6.07 Å². The van der Waals surface area contributed by atoms with Gasteiger partial charge in [-0.05, 0) is 49.6 Å². The number of carbonyl (C=O) groups is 1. The number of halogens is 1. The molecule has 0 fully saturated rings. The van der Waals surface area contributed by atoms with Crippen LogP contribution in [0.3, 0.4) is 0 Å². The molecule has 1 aliphatic rings. The van der Waals surface area contributed by atoms with Gasteiger partial charge in [-0.3, -0.25) is 5.10 Å². The molecule has 0 spiro atoms. The van der Waals surface area contributed by atoms with Crippen molar-refractivity contribution in [2.75, 3.05) is 6.54 Å². The lowest BCUT2D eigenvalue weighted by molar-refractivity contribution is 0.189. The lowest BCUT2D eigenvalue weighted by Gasteiger charge is -2.30. The van der Waals surface area contributed by atoms with E-state index in [4.69, 9.17) is 0 Å². The third-order valence-corrected chi connectivity index (χ3v) is 4.11. The number of aryl methyl sites for hydroxylation is 1. The zero-order valence-electron chi connectivity index (χ0n) is 13.4. The normalized spacial score (nSPS) is 15.2. The quantitative estimate of drug-likeness (QED) is 0.914. The summed E-state index contributed by atoms with van der Waals surface area (Å²) in [4.78, 5) is 14.1. The number of amides is 2. The molecule has 3 rings (SSSR count). The standard InChI is InChI=1S/C17H21FN4O/c1-11(7-16-8-12(2)20-21-16)19-17(23)22-6-5-13-3-4-15(18)9-14(13)10-22/h3-4,8-9,11H,5-7,10H2,1-2H3,(H,19,23)(H,20,21). The largest absolute Gasteiger partial charge is 0.335 e. The van der Waals surface area contributed by atoms with Gasteiger partial charge in [0.1, 0.15) is 5.82 Å². The SMILES string of the molecule is Cc1cc(CC(C)NC(=O)N2CCc3ccc(F)cc3C2)n[nH]1. The minimum Gasteiger partial charge on any atom is -0.335 e. The number of rotatable bonds is 3. The summed E-state index contributed by atoms with van der Waals surface area (Å²) in [5.41, 5.74) is 3.95. The maximum atomic E-state index is 13.3. The van der Waals surface area contributed by atoms with Gasteiger partial charge in [-0.25, -0.2) is 9.18 Å². The third kappa shape index (κ3) is 3.70. The van der Waals surface area contributed by atoms with Crippen LogP contribution in [0, 0.1) is 12.7 Å². The fourth-order valence-corrected chi connectivity index (χ4v) is 2.94. The zero-order chi connectivity index (χ0) is 16.4. The van der Waals surface area contributed by atoms with E-state index in [1.54, 1.807) is 4.90 Å². The molecule has 2 amide bonds. The number of urea groups is 1. The molecule has 0 radical (unpaired) electrons. The van der Waals surface area contributed by atoms with E-state index in [2.05, 4.69) is 15.5 Å². The Morgan fingerprint density at radius 3 is 3.00 bits per heavy atom. The molecule has 2 N–H and O–H groups in total. The number of nitrogens with zero attached hydrogens (tertiary/aromatic N) is 2. The van der Waals surface area contributed by atoms with E-state index in [0.717, 1.165) is 28.9 Å². The summed E-state index contributed by atoms with van der Waals surface area (Å²) in [7, 11) is 0. The Labute approximate surface area is 134 Å². The summed E-state index contributed by atoms with van der Waals surface area (Å²) < 4.78 is 13.3. The second kappa shape index (κ2) is 6.40. The summed E-state index contributed by atoms with van der Waals surface area (Å²) >= 11 is 0. The molecular formula is C17H21FN4O. The highest BCUT2D eigenvalue weighted by atomic mass is 19.1. The molecule has 23 heavy (non-hydrogen) atoms. The van der Waals surface area contributed by atoms with Gasteiger partial charge in [0.15, 0.2) is 0 Å². The fourth-order valence-electron chi connectivity index (χ4n) is 2.94. The minimum atomic E-state index is -0.256. The maximum Gasteiger partial charge on any atom is 0.317 e. The number of nitrogens with one attached hydrogen (secondary N) is 2. The van der Waals surface area contributed by atoms with Crippen LogP contribution >= 0.6 is 0 Å². The van der Waals surface area contributed by atoms with Crippen molar-refractivity contribution < 1.29 is 9.18 Å². The van der Waals surface area contributed by atoms with Crippen LogP contribution in [0.4, 0.5) is 9.18 Å². The molecule has 1 unspecified atom stereocenters. The maximum absolute atomic E-state index is 13.3. The number of aromatic nitrogens is 2. The Kier molecular flexibility index (Phi) is 4.32. The van der Waals surface area contributed by atoms with Crippen LogP contribution in [0.1, 0.15) is 29.4 Å².